The van der Waals surface area contributed by atoms with Crippen molar-refractivity contribution in [2.75, 3.05) is 19.8 Å². The van der Waals surface area contributed by atoms with Gasteiger partial charge in [0.15, 0.2) is 6.29 Å². The summed E-state index contributed by atoms with van der Waals surface area (Å²) >= 11 is 0. The molecule has 0 aromatic rings. The Balaban J connectivity index is 3.32. The molecule has 0 rings (SSSR count). The van der Waals surface area contributed by atoms with Crippen molar-refractivity contribution in [2.45, 2.75) is 27.1 Å². The van der Waals surface area contributed by atoms with Crippen LogP contribution in [-0.2, 0) is 19.0 Å². The Labute approximate surface area is 84.8 Å². The first kappa shape index (κ1) is 13.1. The van der Waals surface area contributed by atoms with Gasteiger partial charge in [-0.25, -0.2) is 4.79 Å². The highest BCUT2D eigenvalue weighted by Crippen LogP contribution is 1.92. The zero-order valence-electron chi connectivity index (χ0n) is 8.99. The number of rotatable bonds is 7. The molecule has 0 saturated heterocycles. The molecule has 0 saturated carbocycles. The van der Waals surface area contributed by atoms with Gasteiger partial charge < -0.3 is 14.2 Å². The van der Waals surface area contributed by atoms with Crippen LogP contribution in [0.5, 0.6) is 0 Å². The summed E-state index contributed by atoms with van der Waals surface area (Å²) < 4.78 is 15.1. The van der Waals surface area contributed by atoms with E-state index >= 15 is 0 Å². The van der Waals surface area contributed by atoms with Crippen molar-refractivity contribution >= 4 is 5.97 Å². The molecular weight excluding hydrogens is 184 g/mol. The number of ether oxygens (including phenoxy) is 3. The molecule has 1 atom stereocenters. The van der Waals surface area contributed by atoms with Gasteiger partial charge in [0.1, 0.15) is 6.61 Å². The van der Waals surface area contributed by atoms with Crippen LogP contribution in [0.1, 0.15) is 20.8 Å². The molecule has 1 unspecified atom stereocenters. The van der Waals surface area contributed by atoms with Crippen LogP contribution in [0.3, 0.4) is 0 Å². The molecule has 0 aromatic carbocycles. The summed E-state index contributed by atoms with van der Waals surface area (Å²) in [6.45, 7) is 6.67. The van der Waals surface area contributed by atoms with E-state index in [0.29, 0.717) is 13.2 Å². The lowest BCUT2D eigenvalue weighted by atomic mass is 10.5. The SMILES string of the molecule is C/C=C/C(=O)OCCOC(C)OCC. The van der Waals surface area contributed by atoms with Gasteiger partial charge in [-0.1, -0.05) is 6.08 Å². The van der Waals surface area contributed by atoms with E-state index in [4.69, 9.17) is 14.2 Å². The second-order valence-electron chi connectivity index (χ2n) is 2.56. The van der Waals surface area contributed by atoms with Gasteiger partial charge in [-0.3, -0.25) is 0 Å². The fraction of sp³-hybridized carbons (Fsp3) is 0.700. The molecule has 14 heavy (non-hydrogen) atoms. The predicted molar refractivity (Wildman–Crippen MR) is 52.8 cm³/mol. The smallest absolute Gasteiger partial charge is 0.330 e. The Kier molecular flexibility index (Phi) is 8.17. The summed E-state index contributed by atoms with van der Waals surface area (Å²) in [6, 6.07) is 0. The van der Waals surface area contributed by atoms with Crippen LogP contribution in [-0.4, -0.2) is 32.1 Å². The fourth-order valence-corrected chi connectivity index (χ4v) is 0.823. The average Bonchev–Trinajstić information content (AvgIpc) is 2.13. The maximum atomic E-state index is 10.8. The van der Waals surface area contributed by atoms with Crippen LogP contribution in [0.25, 0.3) is 0 Å². The first-order valence-electron chi connectivity index (χ1n) is 4.73. The summed E-state index contributed by atoms with van der Waals surface area (Å²) in [7, 11) is 0. The molecule has 0 aliphatic rings. The molecule has 0 heterocycles. The van der Waals surface area contributed by atoms with E-state index in [-0.39, 0.29) is 18.9 Å². The third-order valence-electron chi connectivity index (χ3n) is 1.38. The zero-order chi connectivity index (χ0) is 10.8. The predicted octanol–water partition coefficient (Wildman–Crippen LogP) is 1.50. The van der Waals surface area contributed by atoms with Crippen LogP contribution in [0.15, 0.2) is 12.2 Å². The minimum absolute atomic E-state index is 0.250. The summed E-state index contributed by atoms with van der Waals surface area (Å²) in [4.78, 5) is 10.8. The third kappa shape index (κ3) is 7.76. The largest absolute Gasteiger partial charge is 0.460 e. The van der Waals surface area contributed by atoms with E-state index < -0.39 is 0 Å². The highest BCUT2D eigenvalue weighted by Gasteiger charge is 2.00. The number of esters is 1. The van der Waals surface area contributed by atoms with Crippen LogP contribution in [0.2, 0.25) is 0 Å². The lowest BCUT2D eigenvalue weighted by molar-refractivity contribution is -0.151. The second-order valence-corrected chi connectivity index (χ2v) is 2.56. The molecule has 82 valence electrons. The highest BCUT2D eigenvalue weighted by atomic mass is 16.7. The minimum atomic E-state index is -0.347. The topological polar surface area (TPSA) is 44.8 Å². The minimum Gasteiger partial charge on any atom is -0.460 e. The molecular formula is C10H18O4. The van der Waals surface area contributed by atoms with Gasteiger partial charge in [-0.2, -0.15) is 0 Å². The second kappa shape index (κ2) is 8.72. The van der Waals surface area contributed by atoms with E-state index in [0.717, 1.165) is 0 Å². The molecule has 0 amide bonds. The number of carbonyl (C=O) groups excluding carboxylic acids is 1. The van der Waals surface area contributed by atoms with E-state index in [9.17, 15) is 4.79 Å². The van der Waals surface area contributed by atoms with Crippen LogP contribution >= 0.6 is 0 Å². The van der Waals surface area contributed by atoms with E-state index in [1.165, 1.54) is 6.08 Å². The molecule has 0 aliphatic heterocycles. The van der Waals surface area contributed by atoms with Crippen molar-refractivity contribution in [1.29, 1.82) is 0 Å². The van der Waals surface area contributed by atoms with Crippen molar-refractivity contribution < 1.29 is 19.0 Å². The van der Waals surface area contributed by atoms with Gasteiger partial charge in [-0.15, -0.1) is 0 Å². The van der Waals surface area contributed by atoms with Crippen molar-refractivity contribution in [3.8, 4) is 0 Å². The number of allylic oxidation sites excluding steroid dienone is 1. The maximum absolute atomic E-state index is 10.8. The molecule has 0 aliphatic carbocycles. The summed E-state index contributed by atoms with van der Waals surface area (Å²) in [5, 5.41) is 0. The first-order chi connectivity index (χ1) is 6.70. The molecule has 4 heteroatoms. The summed E-state index contributed by atoms with van der Waals surface area (Å²) in [5.74, 6) is -0.347. The van der Waals surface area contributed by atoms with E-state index in [1.54, 1.807) is 19.9 Å². The molecule has 0 aromatic heterocycles. The number of hydrogen-bond acceptors (Lipinski definition) is 4. The standard InChI is InChI=1S/C10H18O4/c1-4-6-10(11)14-8-7-13-9(3)12-5-2/h4,6,9H,5,7-8H2,1-3H3/b6-4+. The van der Waals surface area contributed by atoms with Gasteiger partial charge in [0.2, 0.25) is 0 Å². The van der Waals surface area contributed by atoms with Gasteiger partial charge in [-0.05, 0) is 20.8 Å². The molecule has 0 fully saturated rings. The first-order valence-corrected chi connectivity index (χ1v) is 4.73. The van der Waals surface area contributed by atoms with Gasteiger partial charge in [0, 0.05) is 12.7 Å². The summed E-state index contributed by atoms with van der Waals surface area (Å²) in [5.41, 5.74) is 0. The lowest BCUT2D eigenvalue weighted by Gasteiger charge is -2.12. The van der Waals surface area contributed by atoms with Gasteiger partial charge in [0.25, 0.3) is 0 Å². The highest BCUT2D eigenvalue weighted by molar-refractivity contribution is 5.81. The van der Waals surface area contributed by atoms with Gasteiger partial charge >= 0.3 is 5.97 Å². The molecule has 0 radical (unpaired) electrons. The molecule has 0 spiro atoms. The lowest BCUT2D eigenvalue weighted by Crippen LogP contribution is -2.17. The maximum Gasteiger partial charge on any atom is 0.330 e. The van der Waals surface area contributed by atoms with Gasteiger partial charge in [0.05, 0.1) is 6.61 Å². The Hall–Kier alpha value is -0.870. The van der Waals surface area contributed by atoms with E-state index in [2.05, 4.69) is 0 Å². The van der Waals surface area contributed by atoms with Crippen LogP contribution < -0.4 is 0 Å². The Morgan fingerprint density at radius 2 is 2.07 bits per heavy atom. The van der Waals surface area contributed by atoms with Crippen LogP contribution in [0, 0.1) is 0 Å². The zero-order valence-corrected chi connectivity index (χ0v) is 8.99. The summed E-state index contributed by atoms with van der Waals surface area (Å²) in [6.07, 6.45) is 2.75. The average molecular weight is 202 g/mol. The van der Waals surface area contributed by atoms with E-state index in [1.807, 2.05) is 6.92 Å². The Morgan fingerprint density at radius 1 is 1.36 bits per heavy atom. The van der Waals surface area contributed by atoms with Crippen molar-refractivity contribution in [3.05, 3.63) is 12.2 Å². The molecule has 0 bridgehead atoms. The third-order valence-corrected chi connectivity index (χ3v) is 1.38. The molecule has 4 nitrogen and oxygen atoms in total. The number of carbonyl (C=O) groups is 1. The fourth-order valence-electron chi connectivity index (χ4n) is 0.823. The Bertz CT molecular complexity index is 177. The van der Waals surface area contributed by atoms with Crippen LogP contribution in [0.4, 0.5) is 0 Å². The normalized spacial score (nSPS) is 13.1. The monoisotopic (exact) mass is 202 g/mol. The van der Waals surface area contributed by atoms with Crippen molar-refractivity contribution in [2.24, 2.45) is 0 Å². The number of hydrogen-bond donors (Lipinski definition) is 0. The Morgan fingerprint density at radius 3 is 2.64 bits per heavy atom. The van der Waals surface area contributed by atoms with Crippen molar-refractivity contribution in [1.82, 2.24) is 0 Å². The molecule has 0 N–H and O–H groups in total. The quantitative estimate of drug-likeness (QED) is 0.271. The van der Waals surface area contributed by atoms with Crippen molar-refractivity contribution in [3.63, 3.8) is 0 Å².